The van der Waals surface area contributed by atoms with Crippen LogP contribution < -0.4 is 0 Å². The lowest BCUT2D eigenvalue weighted by Crippen LogP contribution is -1.89. The molecule has 0 unspecified atom stereocenters. The van der Waals surface area contributed by atoms with Crippen molar-refractivity contribution in [2.45, 2.75) is 65.7 Å². The average molecular weight is 191 g/mol. The fraction of sp³-hybridized carbons (Fsp3) is 0.714. The lowest BCUT2D eigenvalue weighted by atomic mass is 9.97. The Kier molecular flexibility index (Phi) is 5.00. The second-order valence-corrected chi connectivity index (χ2v) is 4.30. The molecule has 1 aliphatic rings. The molecule has 14 heavy (non-hydrogen) atoms. The summed E-state index contributed by atoms with van der Waals surface area (Å²) < 4.78 is 0. The van der Waals surface area contributed by atoms with Crippen LogP contribution in [0.1, 0.15) is 65.7 Å². The maximum absolute atomic E-state index is 3.54. The largest absolute Gasteiger partial charge is 0.0654 e. The zero-order valence-electron chi connectivity index (χ0n) is 9.95. The summed E-state index contributed by atoms with van der Waals surface area (Å²) >= 11 is 0. The van der Waals surface area contributed by atoms with Gasteiger partial charge in [-0.2, -0.15) is 0 Å². The van der Waals surface area contributed by atoms with E-state index in [0.717, 1.165) is 6.42 Å². The Labute approximate surface area is 89.1 Å². The standard InChI is InChI=1S/C14H23/c1-4-6-8-13-11-10-12(3)14(13)9-7-5-2/h4-10H2,1-3H3. The molecule has 0 heterocycles. The van der Waals surface area contributed by atoms with Crippen molar-refractivity contribution in [3.8, 4) is 0 Å². The highest BCUT2D eigenvalue weighted by molar-refractivity contribution is 5.39. The van der Waals surface area contributed by atoms with E-state index in [1.54, 1.807) is 11.1 Å². The molecule has 0 N–H and O–H groups in total. The zero-order valence-corrected chi connectivity index (χ0v) is 9.95. The predicted octanol–water partition coefficient (Wildman–Crippen LogP) is 4.82. The van der Waals surface area contributed by atoms with E-state index in [-0.39, 0.29) is 0 Å². The summed E-state index contributed by atoms with van der Waals surface area (Å²) in [6.07, 6.45) is 12.4. The number of allylic oxidation sites excluding steroid dienone is 4. The fourth-order valence-corrected chi connectivity index (χ4v) is 2.02. The van der Waals surface area contributed by atoms with Crippen LogP contribution in [0.2, 0.25) is 0 Å². The highest BCUT2D eigenvalue weighted by atomic mass is 14.2. The minimum atomic E-state index is 1.10. The highest BCUT2D eigenvalue weighted by Crippen LogP contribution is 2.32. The maximum atomic E-state index is 3.54. The minimum Gasteiger partial charge on any atom is -0.0654 e. The van der Waals surface area contributed by atoms with Gasteiger partial charge in [0.2, 0.25) is 0 Å². The smallest absolute Gasteiger partial charge is 0.00582 e. The predicted molar refractivity (Wildman–Crippen MR) is 63.1 cm³/mol. The van der Waals surface area contributed by atoms with Gasteiger partial charge in [-0.1, -0.05) is 32.3 Å². The van der Waals surface area contributed by atoms with Gasteiger partial charge in [0.05, 0.1) is 0 Å². The average Bonchev–Trinajstić information content (AvgIpc) is 2.53. The summed E-state index contributed by atoms with van der Waals surface area (Å²) in [5.41, 5.74) is 4.75. The van der Waals surface area contributed by atoms with E-state index in [2.05, 4.69) is 26.8 Å². The summed E-state index contributed by atoms with van der Waals surface area (Å²) in [4.78, 5) is 0. The molecule has 0 aliphatic heterocycles. The van der Waals surface area contributed by atoms with Crippen molar-refractivity contribution in [2.24, 2.45) is 0 Å². The summed E-state index contributed by atoms with van der Waals surface area (Å²) in [5, 5.41) is 0. The first-order valence-electron chi connectivity index (χ1n) is 6.08. The second kappa shape index (κ2) is 6.06. The number of unbranched alkanes of at least 4 members (excludes halogenated alkanes) is 2. The molecule has 0 aromatic carbocycles. The van der Waals surface area contributed by atoms with E-state index in [9.17, 15) is 0 Å². The van der Waals surface area contributed by atoms with E-state index in [1.807, 2.05) is 0 Å². The molecule has 0 heteroatoms. The first kappa shape index (κ1) is 11.6. The molecular formula is C14H23. The number of hydrogen-bond acceptors (Lipinski definition) is 0. The Balaban J connectivity index is 2.50. The van der Waals surface area contributed by atoms with Crippen LogP contribution in [0.25, 0.3) is 0 Å². The molecule has 0 saturated heterocycles. The monoisotopic (exact) mass is 191 g/mol. The third-order valence-electron chi connectivity index (χ3n) is 3.01. The van der Waals surface area contributed by atoms with Gasteiger partial charge in [0.1, 0.15) is 0 Å². The topological polar surface area (TPSA) is 0 Å². The molecule has 0 amide bonds. The molecule has 1 aliphatic carbocycles. The van der Waals surface area contributed by atoms with Crippen molar-refractivity contribution >= 4 is 0 Å². The Hall–Kier alpha value is -0.520. The van der Waals surface area contributed by atoms with Crippen LogP contribution in [0.15, 0.2) is 16.7 Å². The van der Waals surface area contributed by atoms with Crippen molar-refractivity contribution in [1.29, 1.82) is 0 Å². The zero-order chi connectivity index (χ0) is 10.4. The SMILES string of the molecule is CCCCC1=[C]CC(C)=C1CCCC. The van der Waals surface area contributed by atoms with E-state index < -0.39 is 0 Å². The molecule has 79 valence electrons. The van der Waals surface area contributed by atoms with Crippen molar-refractivity contribution in [3.63, 3.8) is 0 Å². The van der Waals surface area contributed by atoms with Crippen LogP contribution in [-0.2, 0) is 0 Å². The highest BCUT2D eigenvalue weighted by Gasteiger charge is 2.13. The Bertz CT molecular complexity index is 230. The lowest BCUT2D eigenvalue weighted by molar-refractivity contribution is 0.752. The molecule has 0 spiro atoms. The van der Waals surface area contributed by atoms with Gasteiger partial charge >= 0.3 is 0 Å². The van der Waals surface area contributed by atoms with Gasteiger partial charge in [0.25, 0.3) is 0 Å². The van der Waals surface area contributed by atoms with Gasteiger partial charge in [-0.15, -0.1) is 0 Å². The van der Waals surface area contributed by atoms with Crippen LogP contribution in [0, 0.1) is 6.08 Å². The molecule has 1 radical (unpaired) electrons. The summed E-state index contributed by atoms with van der Waals surface area (Å²) in [6, 6.07) is 0. The van der Waals surface area contributed by atoms with Gasteiger partial charge in [0.15, 0.2) is 0 Å². The van der Waals surface area contributed by atoms with Gasteiger partial charge in [-0.3, -0.25) is 0 Å². The third-order valence-corrected chi connectivity index (χ3v) is 3.01. The van der Waals surface area contributed by atoms with E-state index in [1.165, 1.54) is 44.1 Å². The molecule has 1 rings (SSSR count). The van der Waals surface area contributed by atoms with E-state index in [0.29, 0.717) is 0 Å². The van der Waals surface area contributed by atoms with Gasteiger partial charge in [-0.25, -0.2) is 0 Å². The van der Waals surface area contributed by atoms with E-state index in [4.69, 9.17) is 0 Å². The van der Waals surface area contributed by atoms with Crippen molar-refractivity contribution in [3.05, 3.63) is 22.8 Å². The van der Waals surface area contributed by atoms with Crippen LogP contribution >= 0.6 is 0 Å². The summed E-state index contributed by atoms with van der Waals surface area (Å²) in [5.74, 6) is 0. The molecule has 0 aromatic heterocycles. The van der Waals surface area contributed by atoms with Crippen LogP contribution in [0.3, 0.4) is 0 Å². The van der Waals surface area contributed by atoms with Crippen LogP contribution in [0.4, 0.5) is 0 Å². The Morgan fingerprint density at radius 2 is 1.71 bits per heavy atom. The lowest BCUT2D eigenvalue weighted by Gasteiger charge is -2.09. The van der Waals surface area contributed by atoms with Gasteiger partial charge < -0.3 is 0 Å². The summed E-state index contributed by atoms with van der Waals surface area (Å²) in [6.45, 7) is 6.80. The number of rotatable bonds is 6. The molecule has 0 saturated carbocycles. The van der Waals surface area contributed by atoms with Gasteiger partial charge in [0, 0.05) is 0 Å². The Morgan fingerprint density at radius 1 is 1.07 bits per heavy atom. The Morgan fingerprint density at radius 3 is 2.36 bits per heavy atom. The number of hydrogen-bond donors (Lipinski definition) is 0. The fourth-order valence-electron chi connectivity index (χ4n) is 2.02. The second-order valence-electron chi connectivity index (χ2n) is 4.30. The molecular weight excluding hydrogens is 168 g/mol. The third kappa shape index (κ3) is 3.01. The first-order chi connectivity index (χ1) is 6.79. The molecule has 0 aromatic rings. The van der Waals surface area contributed by atoms with Crippen molar-refractivity contribution < 1.29 is 0 Å². The van der Waals surface area contributed by atoms with Crippen molar-refractivity contribution in [2.75, 3.05) is 0 Å². The van der Waals surface area contributed by atoms with Crippen molar-refractivity contribution in [1.82, 2.24) is 0 Å². The molecule has 0 bridgehead atoms. The van der Waals surface area contributed by atoms with E-state index >= 15 is 0 Å². The molecule has 0 nitrogen and oxygen atoms in total. The van der Waals surface area contributed by atoms with Crippen LogP contribution in [-0.4, -0.2) is 0 Å². The minimum absolute atomic E-state index is 1.10. The normalized spacial score (nSPS) is 16.4. The molecule has 0 fully saturated rings. The van der Waals surface area contributed by atoms with Crippen LogP contribution in [0.5, 0.6) is 0 Å². The summed E-state index contributed by atoms with van der Waals surface area (Å²) in [7, 11) is 0. The first-order valence-corrected chi connectivity index (χ1v) is 6.08. The quantitative estimate of drug-likeness (QED) is 0.565. The molecule has 0 atom stereocenters. The van der Waals surface area contributed by atoms with Gasteiger partial charge in [-0.05, 0) is 56.3 Å². The maximum Gasteiger partial charge on any atom is -0.00582 e.